The van der Waals surface area contributed by atoms with Crippen molar-refractivity contribution in [1.82, 2.24) is 5.32 Å². The molecule has 4 heteroatoms. The number of hydrogen-bond donors (Lipinski definition) is 2. The minimum atomic E-state index is -0.275. The van der Waals surface area contributed by atoms with Gasteiger partial charge in [-0.3, -0.25) is 0 Å². The summed E-state index contributed by atoms with van der Waals surface area (Å²) in [4.78, 5) is 2.15. The molecule has 0 amide bonds. The van der Waals surface area contributed by atoms with Crippen LogP contribution in [0.4, 0.5) is 5.69 Å². The fraction of sp³-hybridized carbons (Fsp3) is 0.600. The van der Waals surface area contributed by atoms with Gasteiger partial charge >= 0.3 is 0 Å². The van der Waals surface area contributed by atoms with E-state index in [-0.39, 0.29) is 6.10 Å². The lowest BCUT2D eigenvalue weighted by atomic mass is 10.1. The molecule has 0 saturated carbocycles. The molecule has 1 aromatic rings. The lowest BCUT2D eigenvalue weighted by molar-refractivity contribution is 0.187. The zero-order valence-electron chi connectivity index (χ0n) is 12.1. The average Bonchev–Trinajstić information content (AvgIpc) is 2.37. The molecule has 108 valence electrons. The van der Waals surface area contributed by atoms with Crippen molar-refractivity contribution in [3.63, 3.8) is 0 Å². The van der Waals surface area contributed by atoms with Crippen molar-refractivity contribution in [2.24, 2.45) is 0 Å². The summed E-state index contributed by atoms with van der Waals surface area (Å²) in [7, 11) is 2.04. The molecule has 0 aliphatic heterocycles. The molecule has 0 aliphatic carbocycles. The Labute approximate surface area is 121 Å². The van der Waals surface area contributed by atoms with Crippen molar-refractivity contribution < 1.29 is 5.11 Å². The lowest BCUT2D eigenvalue weighted by Gasteiger charge is -2.23. The van der Waals surface area contributed by atoms with Crippen molar-refractivity contribution in [1.29, 1.82) is 0 Å². The molecule has 0 bridgehead atoms. The van der Waals surface area contributed by atoms with Gasteiger partial charge in [-0.25, -0.2) is 0 Å². The zero-order chi connectivity index (χ0) is 14.3. The highest BCUT2D eigenvalue weighted by atomic mass is 35.5. The van der Waals surface area contributed by atoms with Crippen molar-refractivity contribution in [3.05, 3.63) is 28.8 Å². The van der Waals surface area contributed by atoms with Gasteiger partial charge in [0.2, 0.25) is 0 Å². The molecular weight excluding hydrogens is 260 g/mol. The predicted octanol–water partition coefficient (Wildman–Crippen LogP) is 3.05. The van der Waals surface area contributed by atoms with Gasteiger partial charge < -0.3 is 15.3 Å². The molecule has 0 fully saturated rings. The summed E-state index contributed by atoms with van der Waals surface area (Å²) in [6, 6.07) is 5.99. The highest BCUT2D eigenvalue weighted by molar-refractivity contribution is 6.30. The van der Waals surface area contributed by atoms with Gasteiger partial charge in [-0.05, 0) is 44.0 Å². The van der Waals surface area contributed by atoms with Gasteiger partial charge in [0, 0.05) is 30.8 Å². The average molecular weight is 285 g/mol. The largest absolute Gasteiger partial charge is 0.393 e. The topological polar surface area (TPSA) is 35.5 Å². The normalized spacial score (nSPS) is 12.5. The van der Waals surface area contributed by atoms with Crippen molar-refractivity contribution in [3.8, 4) is 0 Å². The molecule has 0 aliphatic rings. The first-order valence-corrected chi connectivity index (χ1v) is 7.30. The van der Waals surface area contributed by atoms with Crippen LogP contribution in [0.5, 0.6) is 0 Å². The van der Waals surface area contributed by atoms with Crippen LogP contribution in [0.3, 0.4) is 0 Å². The fourth-order valence-electron chi connectivity index (χ4n) is 1.94. The standard InChI is InChI=1S/C15H25ClN2O/c1-4-8-17-11-13-5-6-14(16)10-15(13)18(3)9-7-12(2)19/h5-6,10,12,17,19H,4,7-9,11H2,1-3H3. The molecule has 2 N–H and O–H groups in total. The van der Waals surface area contributed by atoms with Gasteiger partial charge in [0.05, 0.1) is 6.10 Å². The summed E-state index contributed by atoms with van der Waals surface area (Å²) in [6.07, 6.45) is 1.61. The Morgan fingerprint density at radius 1 is 1.42 bits per heavy atom. The highest BCUT2D eigenvalue weighted by Crippen LogP contribution is 2.24. The van der Waals surface area contributed by atoms with Crippen LogP contribution < -0.4 is 10.2 Å². The Kier molecular flexibility index (Phi) is 7.21. The van der Waals surface area contributed by atoms with Crippen LogP contribution in [0, 0.1) is 0 Å². The van der Waals surface area contributed by atoms with E-state index in [1.54, 1.807) is 0 Å². The third-order valence-electron chi connectivity index (χ3n) is 3.08. The predicted molar refractivity (Wildman–Crippen MR) is 83.0 cm³/mol. The van der Waals surface area contributed by atoms with E-state index in [9.17, 15) is 5.11 Å². The third-order valence-corrected chi connectivity index (χ3v) is 3.32. The zero-order valence-corrected chi connectivity index (χ0v) is 12.9. The summed E-state index contributed by atoms with van der Waals surface area (Å²) >= 11 is 6.09. The monoisotopic (exact) mass is 284 g/mol. The van der Waals surface area contributed by atoms with Crippen LogP contribution in [0.2, 0.25) is 5.02 Å². The second kappa shape index (κ2) is 8.41. The Hall–Kier alpha value is -0.770. The summed E-state index contributed by atoms with van der Waals surface area (Å²) in [5.41, 5.74) is 2.38. The number of anilines is 1. The number of halogens is 1. The number of hydrogen-bond acceptors (Lipinski definition) is 3. The van der Waals surface area contributed by atoms with Gasteiger partial charge in [0.25, 0.3) is 0 Å². The Bertz CT molecular complexity index is 382. The van der Waals surface area contributed by atoms with Crippen molar-refractivity contribution in [2.45, 2.75) is 39.3 Å². The highest BCUT2D eigenvalue weighted by Gasteiger charge is 2.09. The number of aliphatic hydroxyl groups excluding tert-OH is 1. The molecule has 0 aromatic heterocycles. The smallest absolute Gasteiger partial charge is 0.0528 e. The molecule has 0 radical (unpaired) electrons. The molecule has 0 saturated heterocycles. The van der Waals surface area contributed by atoms with E-state index in [0.717, 1.165) is 43.2 Å². The molecular formula is C15H25ClN2O. The van der Waals surface area contributed by atoms with Gasteiger partial charge in [-0.15, -0.1) is 0 Å². The Morgan fingerprint density at radius 2 is 2.16 bits per heavy atom. The van der Waals surface area contributed by atoms with E-state index in [2.05, 4.69) is 23.2 Å². The maximum atomic E-state index is 9.38. The first-order chi connectivity index (χ1) is 9.04. The molecule has 1 unspecified atom stereocenters. The SMILES string of the molecule is CCCNCc1ccc(Cl)cc1N(C)CCC(C)O. The summed E-state index contributed by atoms with van der Waals surface area (Å²) in [6.45, 7) is 6.65. The minimum absolute atomic E-state index is 0.275. The minimum Gasteiger partial charge on any atom is -0.393 e. The van der Waals surface area contributed by atoms with Crippen molar-refractivity contribution >= 4 is 17.3 Å². The van der Waals surface area contributed by atoms with E-state index < -0.39 is 0 Å². The third kappa shape index (κ3) is 5.81. The van der Waals surface area contributed by atoms with E-state index in [0.29, 0.717) is 0 Å². The number of rotatable bonds is 8. The van der Waals surface area contributed by atoms with Gasteiger partial charge in [0.1, 0.15) is 0 Å². The second-order valence-corrected chi connectivity index (χ2v) is 5.45. The molecule has 1 aromatic carbocycles. The first-order valence-electron chi connectivity index (χ1n) is 6.93. The molecule has 19 heavy (non-hydrogen) atoms. The maximum Gasteiger partial charge on any atom is 0.0528 e. The van der Waals surface area contributed by atoms with Crippen LogP contribution >= 0.6 is 11.6 Å². The number of aliphatic hydroxyl groups is 1. The molecule has 0 spiro atoms. The summed E-state index contributed by atoms with van der Waals surface area (Å²) < 4.78 is 0. The fourth-order valence-corrected chi connectivity index (χ4v) is 2.11. The maximum absolute atomic E-state index is 9.38. The summed E-state index contributed by atoms with van der Waals surface area (Å²) in [5, 5.41) is 13.5. The quantitative estimate of drug-likeness (QED) is 0.720. The van der Waals surface area contributed by atoms with E-state index in [4.69, 9.17) is 11.6 Å². The number of nitrogens with one attached hydrogen (secondary N) is 1. The van der Waals surface area contributed by atoms with Crippen LogP contribution in [0.1, 0.15) is 32.3 Å². The number of nitrogens with zero attached hydrogens (tertiary/aromatic N) is 1. The van der Waals surface area contributed by atoms with Gasteiger partial charge in [0.15, 0.2) is 0 Å². The van der Waals surface area contributed by atoms with E-state index in [1.165, 1.54) is 5.56 Å². The van der Waals surface area contributed by atoms with Crippen LogP contribution in [0.15, 0.2) is 18.2 Å². The lowest BCUT2D eigenvalue weighted by Crippen LogP contribution is -2.24. The molecule has 1 atom stereocenters. The van der Waals surface area contributed by atoms with Crippen molar-refractivity contribution in [2.75, 3.05) is 25.0 Å². The second-order valence-electron chi connectivity index (χ2n) is 5.01. The van der Waals surface area contributed by atoms with Gasteiger partial charge in [-0.2, -0.15) is 0 Å². The summed E-state index contributed by atoms with van der Waals surface area (Å²) in [5.74, 6) is 0. The van der Waals surface area contributed by atoms with Crippen LogP contribution in [0.25, 0.3) is 0 Å². The van der Waals surface area contributed by atoms with E-state index >= 15 is 0 Å². The van der Waals surface area contributed by atoms with Crippen LogP contribution in [-0.4, -0.2) is 31.3 Å². The molecule has 3 nitrogen and oxygen atoms in total. The first kappa shape index (κ1) is 16.3. The van der Waals surface area contributed by atoms with E-state index in [1.807, 2.05) is 26.1 Å². The Morgan fingerprint density at radius 3 is 2.79 bits per heavy atom. The molecule has 0 heterocycles. The molecule has 1 rings (SSSR count). The van der Waals surface area contributed by atoms with Crippen LogP contribution in [-0.2, 0) is 6.54 Å². The Balaban J connectivity index is 2.74. The van der Waals surface area contributed by atoms with Gasteiger partial charge in [-0.1, -0.05) is 24.6 Å². The number of benzene rings is 1.